The lowest BCUT2D eigenvalue weighted by Gasteiger charge is -2.33. The summed E-state index contributed by atoms with van der Waals surface area (Å²) in [6.07, 6.45) is 2.45. The van der Waals surface area contributed by atoms with Crippen LogP contribution in [0.25, 0.3) is 0 Å². The fraction of sp³-hybridized carbons (Fsp3) is 0.562. The number of halogens is 2. The summed E-state index contributed by atoms with van der Waals surface area (Å²) in [5.41, 5.74) is 6.68. The number of likely N-dealkylation sites (N-methyl/N-ethyl adjacent to an activating group) is 1. The summed E-state index contributed by atoms with van der Waals surface area (Å²) < 4.78 is 1.07. The first-order chi connectivity index (χ1) is 9.49. The van der Waals surface area contributed by atoms with Crippen LogP contribution in [0.15, 0.2) is 28.7 Å². The summed E-state index contributed by atoms with van der Waals surface area (Å²) in [5, 5.41) is 0. The van der Waals surface area contributed by atoms with Crippen LogP contribution >= 0.6 is 28.3 Å². The molecule has 3 nitrogen and oxygen atoms in total. The molecule has 1 aromatic carbocycles. The first-order valence-corrected chi connectivity index (χ1v) is 7.98. The van der Waals surface area contributed by atoms with E-state index in [0.29, 0.717) is 6.54 Å². The van der Waals surface area contributed by atoms with Gasteiger partial charge in [0.1, 0.15) is 0 Å². The van der Waals surface area contributed by atoms with Crippen molar-refractivity contribution >= 4 is 34.2 Å². The quantitative estimate of drug-likeness (QED) is 0.788. The molecule has 0 radical (unpaired) electrons. The van der Waals surface area contributed by atoms with Crippen LogP contribution in [0.4, 0.5) is 0 Å². The van der Waals surface area contributed by atoms with Crippen LogP contribution in [0.5, 0.6) is 0 Å². The van der Waals surface area contributed by atoms with E-state index in [0.717, 1.165) is 30.3 Å². The molecule has 0 fully saturated rings. The third-order valence-electron chi connectivity index (χ3n) is 4.19. The van der Waals surface area contributed by atoms with E-state index in [1.807, 2.05) is 37.9 Å². The Morgan fingerprint density at radius 1 is 1.24 bits per heavy atom. The van der Waals surface area contributed by atoms with Gasteiger partial charge in [-0.05, 0) is 37.0 Å². The van der Waals surface area contributed by atoms with Gasteiger partial charge in [0.2, 0.25) is 5.91 Å². The van der Waals surface area contributed by atoms with Crippen LogP contribution in [0.3, 0.4) is 0 Å². The van der Waals surface area contributed by atoms with E-state index in [-0.39, 0.29) is 18.3 Å². The van der Waals surface area contributed by atoms with Crippen molar-refractivity contribution in [2.24, 2.45) is 11.1 Å². The normalized spacial score (nSPS) is 10.9. The van der Waals surface area contributed by atoms with Gasteiger partial charge in [-0.3, -0.25) is 4.79 Å². The minimum atomic E-state index is -0.394. The molecule has 0 heterocycles. The molecule has 0 spiro atoms. The maximum absolute atomic E-state index is 12.6. The zero-order valence-corrected chi connectivity index (χ0v) is 15.5. The van der Waals surface area contributed by atoms with E-state index in [4.69, 9.17) is 5.73 Å². The van der Waals surface area contributed by atoms with Crippen LogP contribution in [0, 0.1) is 5.41 Å². The third kappa shape index (κ3) is 5.28. The lowest BCUT2D eigenvalue weighted by molar-refractivity contribution is -0.140. The maximum Gasteiger partial charge on any atom is 0.229 e. The molecule has 0 aromatic heterocycles. The maximum atomic E-state index is 12.6. The molecule has 0 aliphatic heterocycles. The number of rotatable bonds is 7. The first-order valence-electron chi connectivity index (χ1n) is 7.19. The molecule has 5 heteroatoms. The Balaban J connectivity index is 0.00000400. The zero-order valence-electron chi connectivity index (χ0n) is 13.1. The summed E-state index contributed by atoms with van der Waals surface area (Å²) in [4.78, 5) is 14.4. The van der Waals surface area contributed by atoms with E-state index < -0.39 is 5.41 Å². The van der Waals surface area contributed by atoms with Crippen LogP contribution < -0.4 is 5.73 Å². The largest absolute Gasteiger partial charge is 0.345 e. The highest BCUT2D eigenvalue weighted by atomic mass is 79.9. The molecule has 120 valence electrons. The summed E-state index contributed by atoms with van der Waals surface area (Å²) in [5.74, 6) is 0.169. The number of nitrogens with two attached hydrogens (primary N) is 1. The second kappa shape index (κ2) is 9.44. The van der Waals surface area contributed by atoms with Gasteiger partial charge in [-0.2, -0.15) is 0 Å². The monoisotopic (exact) mass is 376 g/mol. The van der Waals surface area contributed by atoms with Crippen molar-refractivity contribution in [3.8, 4) is 0 Å². The van der Waals surface area contributed by atoms with E-state index in [1.54, 1.807) is 0 Å². The molecule has 21 heavy (non-hydrogen) atoms. The number of carbonyl (C=O) groups is 1. The number of amides is 1. The second-order valence-electron chi connectivity index (χ2n) is 5.29. The molecule has 0 aliphatic carbocycles. The highest BCUT2D eigenvalue weighted by Crippen LogP contribution is 2.27. The molecule has 1 aromatic rings. The first kappa shape index (κ1) is 20.4. The Morgan fingerprint density at radius 3 is 2.19 bits per heavy atom. The number of nitrogens with zero attached hydrogens (tertiary/aromatic N) is 1. The average Bonchev–Trinajstić information content (AvgIpc) is 2.48. The van der Waals surface area contributed by atoms with Gasteiger partial charge in [-0.15, -0.1) is 12.4 Å². The molecule has 0 saturated carbocycles. The lowest BCUT2D eigenvalue weighted by atomic mass is 9.81. The minimum Gasteiger partial charge on any atom is -0.345 e. The molecule has 0 unspecified atom stereocenters. The molecule has 2 N–H and O–H groups in total. The second-order valence-corrected chi connectivity index (χ2v) is 6.21. The molecular formula is C16H26BrClN2O. The molecule has 0 atom stereocenters. The standard InChI is InChI=1S/C16H25BrN2O.ClH/c1-4-16(5-2,12-18)15(20)19(3)11-10-13-6-8-14(17)9-7-13;/h6-9H,4-5,10-12,18H2,1-3H3;1H. The predicted molar refractivity (Wildman–Crippen MR) is 94.8 cm³/mol. The third-order valence-corrected chi connectivity index (χ3v) is 4.72. The van der Waals surface area contributed by atoms with Gasteiger partial charge in [0, 0.05) is 24.6 Å². The van der Waals surface area contributed by atoms with Crippen molar-refractivity contribution in [3.05, 3.63) is 34.3 Å². The van der Waals surface area contributed by atoms with Crippen LogP contribution in [-0.4, -0.2) is 30.9 Å². The number of carbonyl (C=O) groups excluding carboxylic acids is 1. The van der Waals surface area contributed by atoms with Crippen LogP contribution in [0.1, 0.15) is 32.3 Å². The molecule has 0 bridgehead atoms. The van der Waals surface area contributed by atoms with Gasteiger partial charge in [-0.25, -0.2) is 0 Å². The van der Waals surface area contributed by atoms with E-state index in [1.165, 1.54) is 5.56 Å². The van der Waals surface area contributed by atoms with Gasteiger partial charge < -0.3 is 10.6 Å². The SMILES string of the molecule is CCC(CC)(CN)C(=O)N(C)CCc1ccc(Br)cc1.Cl. The van der Waals surface area contributed by atoms with Crippen molar-refractivity contribution in [1.82, 2.24) is 4.90 Å². The van der Waals surface area contributed by atoms with Gasteiger partial charge >= 0.3 is 0 Å². The molecular weight excluding hydrogens is 352 g/mol. The van der Waals surface area contributed by atoms with E-state index >= 15 is 0 Å². The lowest BCUT2D eigenvalue weighted by Crippen LogP contribution is -2.46. The molecule has 1 rings (SSSR count). The summed E-state index contributed by atoms with van der Waals surface area (Å²) in [6, 6.07) is 8.22. The highest BCUT2D eigenvalue weighted by Gasteiger charge is 2.35. The molecule has 0 aliphatic rings. The fourth-order valence-corrected chi connectivity index (χ4v) is 2.65. The predicted octanol–water partition coefficient (Wildman–Crippen LogP) is 3.64. The van der Waals surface area contributed by atoms with Gasteiger partial charge in [-0.1, -0.05) is 41.9 Å². The van der Waals surface area contributed by atoms with E-state index in [9.17, 15) is 4.79 Å². The number of hydrogen-bond donors (Lipinski definition) is 1. The Kier molecular flexibility index (Phi) is 9.18. The van der Waals surface area contributed by atoms with Crippen LogP contribution in [-0.2, 0) is 11.2 Å². The minimum absolute atomic E-state index is 0. The highest BCUT2D eigenvalue weighted by molar-refractivity contribution is 9.10. The fourth-order valence-electron chi connectivity index (χ4n) is 2.38. The number of hydrogen-bond acceptors (Lipinski definition) is 2. The molecule has 0 saturated heterocycles. The van der Waals surface area contributed by atoms with Gasteiger partial charge in [0.05, 0.1) is 5.41 Å². The van der Waals surface area contributed by atoms with Crippen molar-refractivity contribution in [1.29, 1.82) is 0 Å². The smallest absolute Gasteiger partial charge is 0.229 e. The summed E-state index contributed by atoms with van der Waals surface area (Å²) in [6.45, 7) is 5.22. The number of benzene rings is 1. The van der Waals surface area contributed by atoms with Crippen molar-refractivity contribution in [2.75, 3.05) is 20.1 Å². The Morgan fingerprint density at radius 2 is 1.76 bits per heavy atom. The average molecular weight is 378 g/mol. The Labute approximate surface area is 142 Å². The van der Waals surface area contributed by atoms with Crippen LogP contribution in [0.2, 0.25) is 0 Å². The topological polar surface area (TPSA) is 46.3 Å². The van der Waals surface area contributed by atoms with Gasteiger partial charge in [0.25, 0.3) is 0 Å². The zero-order chi connectivity index (χ0) is 15.2. The Hall–Kier alpha value is -0.580. The van der Waals surface area contributed by atoms with Gasteiger partial charge in [0.15, 0.2) is 0 Å². The summed E-state index contributed by atoms with van der Waals surface area (Å²) in [7, 11) is 1.87. The van der Waals surface area contributed by atoms with E-state index in [2.05, 4.69) is 28.1 Å². The van der Waals surface area contributed by atoms with Crippen molar-refractivity contribution in [2.45, 2.75) is 33.1 Å². The van der Waals surface area contributed by atoms with Crippen molar-refractivity contribution < 1.29 is 4.79 Å². The Bertz CT molecular complexity index is 424. The summed E-state index contributed by atoms with van der Waals surface area (Å²) >= 11 is 3.42. The molecule has 1 amide bonds. The van der Waals surface area contributed by atoms with Crippen molar-refractivity contribution in [3.63, 3.8) is 0 Å².